The summed E-state index contributed by atoms with van der Waals surface area (Å²) in [6, 6.07) is -0.799. The van der Waals surface area contributed by atoms with Gasteiger partial charge >= 0.3 is 0 Å². The second-order valence-corrected chi connectivity index (χ2v) is 12.4. The molecule has 240 valence electrons. The van der Waals surface area contributed by atoms with E-state index in [9.17, 15) is 20.1 Å². The smallest absolute Gasteiger partial charge is 0.220 e. The lowest BCUT2D eigenvalue weighted by Crippen LogP contribution is -2.50. The normalized spacial score (nSPS) is 13.8. The molecule has 0 radical (unpaired) electrons. The summed E-state index contributed by atoms with van der Waals surface area (Å²) in [6.45, 7) is 4.16. The molecule has 4 N–H and O–H groups in total. The van der Waals surface area contributed by atoms with Crippen molar-refractivity contribution in [2.24, 2.45) is 0 Å². The number of hydrogen-bond donors (Lipinski definition) is 4. The minimum absolute atomic E-state index is 0.145. The second kappa shape index (κ2) is 31.3. The second-order valence-electron chi connectivity index (χ2n) is 12.4. The summed E-state index contributed by atoms with van der Waals surface area (Å²) in [7, 11) is 0. The lowest BCUT2D eigenvalue weighted by molar-refractivity contribution is -0.124. The first-order chi connectivity index (χ1) is 19.6. The fraction of sp³-hybridized carbons (Fsp3) is 0.971. The molecule has 0 spiro atoms. The molecule has 0 saturated heterocycles. The molecule has 1 amide bonds. The lowest BCUT2D eigenvalue weighted by Gasteiger charge is -2.26. The van der Waals surface area contributed by atoms with Gasteiger partial charge in [-0.1, -0.05) is 174 Å². The van der Waals surface area contributed by atoms with Crippen molar-refractivity contribution < 1.29 is 20.1 Å². The molecule has 40 heavy (non-hydrogen) atoms. The van der Waals surface area contributed by atoms with Gasteiger partial charge in [0.25, 0.3) is 0 Å². The molecule has 0 aromatic heterocycles. The van der Waals surface area contributed by atoms with Crippen molar-refractivity contribution in [3.63, 3.8) is 0 Å². The average Bonchev–Trinajstić information content (AvgIpc) is 2.96. The zero-order valence-electron chi connectivity index (χ0n) is 27.0. The fourth-order valence-electron chi connectivity index (χ4n) is 5.63. The number of amides is 1. The minimum Gasteiger partial charge on any atom is -0.394 e. The third kappa shape index (κ3) is 26.3. The highest BCUT2D eigenvalue weighted by molar-refractivity contribution is 5.76. The Kier molecular flexibility index (Phi) is 30.8. The maximum Gasteiger partial charge on any atom is 0.220 e. The van der Waals surface area contributed by atoms with E-state index < -0.39 is 18.2 Å². The molecule has 0 heterocycles. The zero-order chi connectivity index (χ0) is 29.5. The van der Waals surface area contributed by atoms with Gasteiger partial charge in [0.2, 0.25) is 5.91 Å². The number of carbonyl (C=O) groups excluding carboxylic acids is 1. The summed E-state index contributed by atoms with van der Waals surface area (Å²) in [6.07, 6.45) is 31.9. The molecule has 0 fully saturated rings. The molecule has 5 nitrogen and oxygen atoms in total. The Morgan fingerprint density at radius 3 is 1.20 bits per heavy atom. The Morgan fingerprint density at radius 2 is 0.850 bits per heavy atom. The van der Waals surface area contributed by atoms with Crippen LogP contribution in [0.3, 0.4) is 0 Å². The van der Waals surface area contributed by atoms with Crippen molar-refractivity contribution in [3.05, 3.63) is 0 Å². The molecule has 5 heteroatoms. The van der Waals surface area contributed by atoms with Gasteiger partial charge in [-0.15, -0.1) is 0 Å². The van der Waals surface area contributed by atoms with Crippen molar-refractivity contribution in [2.45, 2.75) is 212 Å². The quantitative estimate of drug-likeness (QED) is 0.0608. The van der Waals surface area contributed by atoms with Crippen molar-refractivity contribution in [3.8, 4) is 0 Å². The Bertz CT molecular complexity index is 516. The zero-order valence-corrected chi connectivity index (χ0v) is 27.0. The highest BCUT2D eigenvalue weighted by Gasteiger charge is 2.26. The largest absolute Gasteiger partial charge is 0.394 e. The lowest BCUT2D eigenvalue weighted by atomic mass is 9.99. The average molecular weight is 570 g/mol. The highest BCUT2D eigenvalue weighted by Crippen LogP contribution is 2.16. The summed E-state index contributed by atoms with van der Waals surface area (Å²) in [4.78, 5) is 12.3. The van der Waals surface area contributed by atoms with E-state index in [-0.39, 0.29) is 12.5 Å². The first-order valence-corrected chi connectivity index (χ1v) is 17.8. The van der Waals surface area contributed by atoms with Gasteiger partial charge in [-0.2, -0.15) is 0 Å². The van der Waals surface area contributed by atoms with Gasteiger partial charge in [-0.3, -0.25) is 4.79 Å². The predicted octanol–water partition coefficient (Wildman–Crippen LogP) is 9.15. The monoisotopic (exact) mass is 570 g/mol. The van der Waals surface area contributed by atoms with Crippen LogP contribution in [-0.4, -0.2) is 46.1 Å². The first-order valence-electron chi connectivity index (χ1n) is 17.8. The molecule has 0 aliphatic carbocycles. The molecule has 3 atom stereocenters. The van der Waals surface area contributed by atoms with Crippen LogP contribution in [0.15, 0.2) is 0 Å². The van der Waals surface area contributed by atoms with Gasteiger partial charge < -0.3 is 20.6 Å². The topological polar surface area (TPSA) is 89.8 Å². The van der Waals surface area contributed by atoms with Crippen LogP contribution in [0.2, 0.25) is 0 Å². The van der Waals surface area contributed by atoms with Crippen molar-refractivity contribution in [1.82, 2.24) is 5.32 Å². The van der Waals surface area contributed by atoms with E-state index in [0.717, 1.165) is 32.1 Å². The molecule has 0 aliphatic rings. The summed E-state index contributed by atoms with van der Waals surface area (Å²) in [5.41, 5.74) is 0. The van der Waals surface area contributed by atoms with Gasteiger partial charge in [0.1, 0.15) is 6.10 Å². The molecule has 0 aromatic rings. The number of carbonyl (C=O) groups is 1. The third-order valence-corrected chi connectivity index (χ3v) is 8.46. The van der Waals surface area contributed by atoms with Crippen molar-refractivity contribution in [2.75, 3.05) is 6.61 Å². The van der Waals surface area contributed by atoms with Crippen LogP contribution in [0.1, 0.15) is 194 Å². The molecule has 0 rings (SSSR count). The molecular weight excluding hydrogens is 498 g/mol. The van der Waals surface area contributed by atoms with E-state index in [1.165, 1.54) is 135 Å². The predicted molar refractivity (Wildman–Crippen MR) is 172 cm³/mol. The molecule has 0 bridgehead atoms. The van der Waals surface area contributed by atoms with Crippen LogP contribution in [0, 0.1) is 0 Å². The van der Waals surface area contributed by atoms with Gasteiger partial charge in [-0.05, 0) is 12.8 Å². The number of aliphatic hydroxyl groups is 3. The minimum atomic E-state index is -1.13. The Morgan fingerprint density at radius 1 is 0.525 bits per heavy atom. The number of nitrogens with one attached hydrogen (secondary N) is 1. The Balaban J connectivity index is 3.67. The standard InChI is InChI=1S/C35H71NO4/c1-3-5-7-9-11-13-15-16-17-18-20-21-23-25-27-29-33(38)35(40)32(31-37)36-34(39)30-28-26-24-22-19-14-12-10-8-6-4-2/h32-33,35,37-38,40H,3-31H2,1-2H3,(H,36,39)/t32-,33+,35-/m0/s1. The molecule has 0 aromatic carbocycles. The Hall–Kier alpha value is -0.650. The molecular formula is C35H71NO4. The fourth-order valence-corrected chi connectivity index (χ4v) is 5.63. The van der Waals surface area contributed by atoms with Crippen LogP contribution in [0.4, 0.5) is 0 Å². The third-order valence-electron chi connectivity index (χ3n) is 8.46. The van der Waals surface area contributed by atoms with E-state index >= 15 is 0 Å². The van der Waals surface area contributed by atoms with Crippen LogP contribution < -0.4 is 5.32 Å². The van der Waals surface area contributed by atoms with Crippen LogP contribution >= 0.6 is 0 Å². The number of unbranched alkanes of at least 4 members (excludes halogenated alkanes) is 24. The van der Waals surface area contributed by atoms with Crippen LogP contribution in [0.25, 0.3) is 0 Å². The molecule has 0 saturated carbocycles. The van der Waals surface area contributed by atoms with Crippen LogP contribution in [0.5, 0.6) is 0 Å². The van der Waals surface area contributed by atoms with Gasteiger partial charge in [0.05, 0.1) is 18.8 Å². The Labute approximate surface area is 249 Å². The van der Waals surface area contributed by atoms with Crippen molar-refractivity contribution >= 4 is 5.91 Å². The van der Waals surface area contributed by atoms with Crippen LogP contribution in [-0.2, 0) is 4.79 Å². The summed E-state index contributed by atoms with van der Waals surface area (Å²) >= 11 is 0. The summed E-state index contributed by atoms with van der Waals surface area (Å²) in [5.74, 6) is -0.145. The molecule has 0 aliphatic heterocycles. The van der Waals surface area contributed by atoms with E-state index in [2.05, 4.69) is 19.2 Å². The summed E-state index contributed by atoms with van der Waals surface area (Å²) < 4.78 is 0. The maximum atomic E-state index is 12.3. The first kappa shape index (κ1) is 39.4. The number of hydrogen-bond acceptors (Lipinski definition) is 4. The maximum absolute atomic E-state index is 12.3. The van der Waals surface area contributed by atoms with E-state index in [0.29, 0.717) is 12.8 Å². The number of rotatable bonds is 32. The molecule has 0 unspecified atom stereocenters. The van der Waals surface area contributed by atoms with Gasteiger partial charge in [0.15, 0.2) is 0 Å². The van der Waals surface area contributed by atoms with Gasteiger partial charge in [0, 0.05) is 6.42 Å². The van der Waals surface area contributed by atoms with Crippen molar-refractivity contribution in [1.29, 1.82) is 0 Å². The highest BCUT2D eigenvalue weighted by atomic mass is 16.3. The SMILES string of the molecule is CCCCCCCCCCCCCCCCC[C@@H](O)[C@@H](O)[C@H](CO)NC(=O)CCCCCCCCCCCCC. The number of aliphatic hydroxyl groups excluding tert-OH is 3. The van der Waals surface area contributed by atoms with E-state index in [1.807, 2.05) is 0 Å². The van der Waals surface area contributed by atoms with Gasteiger partial charge in [-0.25, -0.2) is 0 Å². The van der Waals surface area contributed by atoms with E-state index in [4.69, 9.17) is 0 Å². The summed E-state index contributed by atoms with van der Waals surface area (Å²) in [5, 5.41) is 33.3. The van der Waals surface area contributed by atoms with E-state index in [1.54, 1.807) is 0 Å².